The van der Waals surface area contributed by atoms with Crippen molar-refractivity contribution >= 4 is 5.91 Å². The Kier molecular flexibility index (Phi) is 5.82. The summed E-state index contributed by atoms with van der Waals surface area (Å²) in [7, 11) is 3.66. The van der Waals surface area contributed by atoms with Crippen molar-refractivity contribution in [2.75, 3.05) is 20.2 Å². The van der Waals surface area contributed by atoms with Crippen LogP contribution in [0.15, 0.2) is 18.3 Å². The molecular formula is C16H27N3O2. The highest BCUT2D eigenvalue weighted by Crippen LogP contribution is 2.30. The van der Waals surface area contributed by atoms with Crippen LogP contribution in [0.25, 0.3) is 0 Å². The molecule has 1 saturated heterocycles. The topological polar surface area (TPSA) is 60.5 Å². The lowest BCUT2D eigenvalue weighted by molar-refractivity contribution is -0.136. The lowest BCUT2D eigenvalue weighted by Gasteiger charge is -2.31. The Morgan fingerprint density at radius 2 is 2.29 bits per heavy atom. The number of aryl methyl sites for hydroxylation is 1. The molecule has 0 spiro atoms. The minimum atomic E-state index is -0.185. The number of hydrogen-bond donors (Lipinski definition) is 1. The van der Waals surface area contributed by atoms with E-state index >= 15 is 0 Å². The summed E-state index contributed by atoms with van der Waals surface area (Å²) in [4.78, 5) is 14.7. The molecule has 5 nitrogen and oxygen atoms in total. The summed E-state index contributed by atoms with van der Waals surface area (Å²) < 4.78 is 7.38. The number of carbonyl (C=O) groups is 1. The van der Waals surface area contributed by atoms with E-state index in [4.69, 9.17) is 10.5 Å². The molecule has 2 heterocycles. The van der Waals surface area contributed by atoms with E-state index in [1.54, 1.807) is 7.11 Å². The number of rotatable bonds is 5. The summed E-state index contributed by atoms with van der Waals surface area (Å²) in [6.07, 6.45) is 6.69. The predicted octanol–water partition coefficient (Wildman–Crippen LogP) is 1.83. The summed E-state index contributed by atoms with van der Waals surface area (Å²) in [6, 6.07) is 4.34. The van der Waals surface area contributed by atoms with Crippen LogP contribution in [0.4, 0.5) is 0 Å². The van der Waals surface area contributed by atoms with Gasteiger partial charge >= 0.3 is 0 Å². The van der Waals surface area contributed by atoms with Gasteiger partial charge in [-0.05, 0) is 25.0 Å². The Morgan fingerprint density at radius 3 is 2.90 bits per heavy atom. The molecule has 2 atom stereocenters. The molecule has 1 fully saturated rings. The van der Waals surface area contributed by atoms with E-state index in [9.17, 15) is 4.79 Å². The maximum atomic E-state index is 12.7. The zero-order valence-electron chi connectivity index (χ0n) is 13.1. The molecule has 1 amide bonds. The lowest BCUT2D eigenvalue weighted by atomic mass is 10.1. The first-order valence-electron chi connectivity index (χ1n) is 7.81. The van der Waals surface area contributed by atoms with E-state index in [0.717, 1.165) is 19.4 Å². The van der Waals surface area contributed by atoms with Crippen molar-refractivity contribution in [3.05, 3.63) is 24.0 Å². The second-order valence-electron chi connectivity index (χ2n) is 5.79. The number of carbonyl (C=O) groups excluding carboxylic acids is 1. The summed E-state index contributed by atoms with van der Waals surface area (Å²) in [5.41, 5.74) is 6.86. The van der Waals surface area contributed by atoms with Crippen molar-refractivity contribution in [2.24, 2.45) is 12.8 Å². The fraction of sp³-hybridized carbons (Fsp3) is 0.688. The van der Waals surface area contributed by atoms with Gasteiger partial charge in [0.1, 0.15) is 0 Å². The molecule has 21 heavy (non-hydrogen) atoms. The minimum absolute atomic E-state index is 0.153. The molecule has 118 valence electrons. The van der Waals surface area contributed by atoms with E-state index in [0.29, 0.717) is 13.0 Å². The molecule has 1 aromatic heterocycles. The van der Waals surface area contributed by atoms with Crippen LogP contribution in [0.5, 0.6) is 0 Å². The molecular weight excluding hydrogens is 266 g/mol. The second-order valence-corrected chi connectivity index (χ2v) is 5.79. The Hall–Kier alpha value is -1.33. The standard InChI is InChI=1S/C16H27N3O2/c1-18-9-6-8-14(18)15-7-4-3-5-10-19(15)16(20)11-13(12-17)21-2/h6,8-9,13,15H,3-5,7,10-12,17H2,1-2H3. The van der Waals surface area contributed by atoms with E-state index in [1.807, 2.05) is 24.2 Å². The van der Waals surface area contributed by atoms with E-state index in [1.165, 1.54) is 18.5 Å². The van der Waals surface area contributed by atoms with Gasteiger partial charge in [0.15, 0.2) is 0 Å². The molecule has 1 aliphatic heterocycles. The molecule has 1 aliphatic rings. The van der Waals surface area contributed by atoms with E-state index in [-0.39, 0.29) is 18.1 Å². The van der Waals surface area contributed by atoms with Crippen molar-refractivity contribution in [1.29, 1.82) is 0 Å². The molecule has 0 bridgehead atoms. The first-order valence-corrected chi connectivity index (χ1v) is 7.81. The van der Waals surface area contributed by atoms with Crippen molar-refractivity contribution in [2.45, 2.75) is 44.2 Å². The van der Waals surface area contributed by atoms with Crippen LogP contribution in [-0.4, -0.2) is 41.7 Å². The smallest absolute Gasteiger partial charge is 0.225 e. The van der Waals surface area contributed by atoms with Crippen LogP contribution in [0.1, 0.15) is 43.8 Å². The number of hydrogen-bond acceptors (Lipinski definition) is 3. The van der Waals surface area contributed by atoms with Gasteiger partial charge in [-0.25, -0.2) is 0 Å². The van der Waals surface area contributed by atoms with Gasteiger partial charge < -0.3 is 19.9 Å². The average Bonchev–Trinajstić information content (AvgIpc) is 2.77. The maximum Gasteiger partial charge on any atom is 0.225 e. The average molecular weight is 293 g/mol. The Morgan fingerprint density at radius 1 is 1.48 bits per heavy atom. The van der Waals surface area contributed by atoms with Crippen LogP contribution >= 0.6 is 0 Å². The van der Waals surface area contributed by atoms with Gasteiger partial charge in [0.05, 0.1) is 18.6 Å². The van der Waals surface area contributed by atoms with Crippen LogP contribution in [-0.2, 0) is 16.6 Å². The molecule has 2 unspecified atom stereocenters. The number of nitrogens with zero attached hydrogens (tertiary/aromatic N) is 2. The van der Waals surface area contributed by atoms with Gasteiger partial charge in [-0.2, -0.15) is 0 Å². The van der Waals surface area contributed by atoms with Gasteiger partial charge in [0, 0.05) is 39.1 Å². The van der Waals surface area contributed by atoms with Crippen LogP contribution in [0, 0.1) is 0 Å². The molecule has 0 aromatic carbocycles. The van der Waals surface area contributed by atoms with Crippen molar-refractivity contribution in [3.8, 4) is 0 Å². The van der Waals surface area contributed by atoms with Gasteiger partial charge in [0.2, 0.25) is 5.91 Å². The fourth-order valence-electron chi connectivity index (χ4n) is 3.11. The number of amides is 1. The maximum absolute atomic E-state index is 12.7. The first kappa shape index (κ1) is 16.0. The molecule has 5 heteroatoms. The predicted molar refractivity (Wildman–Crippen MR) is 82.8 cm³/mol. The van der Waals surface area contributed by atoms with Gasteiger partial charge in [-0.1, -0.05) is 12.8 Å². The van der Waals surface area contributed by atoms with E-state index < -0.39 is 0 Å². The van der Waals surface area contributed by atoms with Crippen molar-refractivity contribution < 1.29 is 9.53 Å². The Balaban J connectivity index is 2.16. The third-order valence-corrected chi connectivity index (χ3v) is 4.40. The molecule has 2 rings (SSSR count). The SMILES string of the molecule is COC(CN)CC(=O)N1CCCCCC1c1cccn1C. The fourth-order valence-corrected chi connectivity index (χ4v) is 3.11. The van der Waals surface area contributed by atoms with Gasteiger partial charge in [-0.3, -0.25) is 4.79 Å². The monoisotopic (exact) mass is 293 g/mol. The third-order valence-electron chi connectivity index (χ3n) is 4.40. The van der Waals surface area contributed by atoms with Gasteiger partial charge in [-0.15, -0.1) is 0 Å². The minimum Gasteiger partial charge on any atom is -0.380 e. The van der Waals surface area contributed by atoms with Crippen LogP contribution in [0.2, 0.25) is 0 Å². The van der Waals surface area contributed by atoms with Crippen LogP contribution in [0.3, 0.4) is 0 Å². The number of methoxy groups -OCH3 is 1. The lowest BCUT2D eigenvalue weighted by Crippen LogP contribution is -2.39. The number of nitrogens with two attached hydrogens (primary N) is 1. The largest absolute Gasteiger partial charge is 0.380 e. The highest BCUT2D eigenvalue weighted by atomic mass is 16.5. The number of ether oxygens (including phenoxy) is 1. The first-order chi connectivity index (χ1) is 10.2. The Labute approximate surface area is 127 Å². The molecule has 1 aromatic rings. The molecule has 0 saturated carbocycles. The van der Waals surface area contributed by atoms with Gasteiger partial charge in [0.25, 0.3) is 0 Å². The number of likely N-dealkylation sites (tertiary alicyclic amines) is 1. The summed E-state index contributed by atoms with van der Waals surface area (Å²) in [6.45, 7) is 1.21. The zero-order chi connectivity index (χ0) is 15.2. The number of aromatic nitrogens is 1. The normalized spacial score (nSPS) is 21.1. The molecule has 0 radical (unpaired) electrons. The van der Waals surface area contributed by atoms with E-state index in [2.05, 4.69) is 10.6 Å². The highest BCUT2D eigenvalue weighted by molar-refractivity contribution is 5.77. The zero-order valence-corrected chi connectivity index (χ0v) is 13.1. The summed E-state index contributed by atoms with van der Waals surface area (Å²) in [5.74, 6) is 0.153. The molecule has 2 N–H and O–H groups in total. The van der Waals surface area contributed by atoms with Crippen LogP contribution < -0.4 is 5.73 Å². The summed E-state index contributed by atoms with van der Waals surface area (Å²) in [5, 5.41) is 0. The summed E-state index contributed by atoms with van der Waals surface area (Å²) >= 11 is 0. The Bertz CT molecular complexity index is 454. The second kappa shape index (κ2) is 7.61. The highest BCUT2D eigenvalue weighted by Gasteiger charge is 2.29. The molecule has 0 aliphatic carbocycles. The third kappa shape index (κ3) is 3.86. The quantitative estimate of drug-likeness (QED) is 0.901. The van der Waals surface area contributed by atoms with Crippen molar-refractivity contribution in [3.63, 3.8) is 0 Å². The van der Waals surface area contributed by atoms with Crippen molar-refractivity contribution in [1.82, 2.24) is 9.47 Å².